The third-order valence-corrected chi connectivity index (χ3v) is 3.59. The molecule has 0 amide bonds. The maximum Gasteiger partial charge on any atom is 0.159 e. The highest BCUT2D eigenvalue weighted by Gasteiger charge is 2.06. The number of anilines is 1. The van der Waals surface area contributed by atoms with Crippen molar-refractivity contribution in [1.29, 1.82) is 0 Å². The molecule has 1 N–H and O–H groups in total. The van der Waals surface area contributed by atoms with Crippen LogP contribution in [0.4, 0.5) is 5.82 Å². The molecule has 2 aromatic heterocycles. The van der Waals surface area contributed by atoms with Gasteiger partial charge in [-0.25, -0.2) is 14.6 Å². The van der Waals surface area contributed by atoms with Crippen molar-refractivity contribution in [3.8, 4) is 11.6 Å². The summed E-state index contributed by atoms with van der Waals surface area (Å²) in [6, 6.07) is 12.0. The Bertz CT molecular complexity index is 811. The molecule has 0 saturated heterocycles. The Balaban J connectivity index is 1.69. The predicted molar refractivity (Wildman–Crippen MR) is 93.6 cm³/mol. The van der Waals surface area contributed by atoms with Crippen molar-refractivity contribution in [1.82, 2.24) is 19.7 Å². The van der Waals surface area contributed by atoms with E-state index in [-0.39, 0.29) is 0 Å². The lowest BCUT2D eigenvalue weighted by atomic mass is 10.2. The van der Waals surface area contributed by atoms with Gasteiger partial charge in [-0.15, -0.1) is 0 Å². The van der Waals surface area contributed by atoms with Gasteiger partial charge >= 0.3 is 0 Å². The standard InChI is InChI=1S/C18H21N5O/c1-4-24-16-7-5-15(6-8-16)11-19-17-10-18(21-12-20-17)23-14(3)9-13(2)22-23/h5-10,12H,4,11H2,1-3H3,(H,19,20,21). The number of ether oxygens (including phenoxy) is 1. The van der Waals surface area contributed by atoms with Crippen LogP contribution in [0.1, 0.15) is 23.9 Å². The number of hydrogen-bond acceptors (Lipinski definition) is 5. The molecule has 3 rings (SSSR count). The van der Waals surface area contributed by atoms with Crippen molar-refractivity contribution in [2.75, 3.05) is 11.9 Å². The van der Waals surface area contributed by atoms with Crippen LogP contribution in [0, 0.1) is 13.8 Å². The molecule has 2 heterocycles. The molecule has 6 nitrogen and oxygen atoms in total. The minimum absolute atomic E-state index is 0.674. The first-order valence-corrected chi connectivity index (χ1v) is 7.97. The molecule has 0 radical (unpaired) electrons. The largest absolute Gasteiger partial charge is 0.494 e. The first-order chi connectivity index (χ1) is 11.7. The number of benzene rings is 1. The van der Waals surface area contributed by atoms with Gasteiger partial charge in [0.15, 0.2) is 5.82 Å². The maximum absolute atomic E-state index is 5.45. The lowest BCUT2D eigenvalue weighted by molar-refractivity contribution is 0.340. The van der Waals surface area contributed by atoms with Gasteiger partial charge in [0.25, 0.3) is 0 Å². The Morgan fingerprint density at radius 3 is 2.54 bits per heavy atom. The van der Waals surface area contributed by atoms with E-state index in [2.05, 4.69) is 20.4 Å². The minimum atomic E-state index is 0.674. The van der Waals surface area contributed by atoms with Crippen molar-refractivity contribution in [3.05, 3.63) is 59.7 Å². The molecule has 0 fully saturated rings. The molecule has 24 heavy (non-hydrogen) atoms. The van der Waals surface area contributed by atoms with Gasteiger partial charge in [-0.2, -0.15) is 5.10 Å². The minimum Gasteiger partial charge on any atom is -0.494 e. The van der Waals surface area contributed by atoms with E-state index < -0.39 is 0 Å². The third kappa shape index (κ3) is 3.71. The van der Waals surface area contributed by atoms with Gasteiger partial charge in [0.1, 0.15) is 17.9 Å². The van der Waals surface area contributed by atoms with Crippen LogP contribution < -0.4 is 10.1 Å². The molecular formula is C18H21N5O. The van der Waals surface area contributed by atoms with Gasteiger partial charge in [0.05, 0.1) is 12.3 Å². The van der Waals surface area contributed by atoms with Crippen molar-refractivity contribution >= 4 is 5.82 Å². The summed E-state index contributed by atoms with van der Waals surface area (Å²) in [6.45, 7) is 7.31. The molecule has 0 spiro atoms. The molecular weight excluding hydrogens is 302 g/mol. The molecule has 0 unspecified atom stereocenters. The van der Waals surface area contributed by atoms with Crippen LogP contribution in [0.3, 0.4) is 0 Å². The van der Waals surface area contributed by atoms with Crippen LogP contribution in [0.15, 0.2) is 42.7 Å². The summed E-state index contributed by atoms with van der Waals surface area (Å²) in [7, 11) is 0. The van der Waals surface area contributed by atoms with Gasteiger partial charge in [-0.05, 0) is 44.5 Å². The van der Waals surface area contributed by atoms with Crippen molar-refractivity contribution in [2.45, 2.75) is 27.3 Å². The Hall–Kier alpha value is -2.89. The smallest absolute Gasteiger partial charge is 0.159 e. The lowest BCUT2D eigenvalue weighted by Gasteiger charge is -2.09. The topological polar surface area (TPSA) is 64.9 Å². The van der Waals surface area contributed by atoms with Gasteiger partial charge in [-0.1, -0.05) is 12.1 Å². The van der Waals surface area contributed by atoms with Crippen LogP contribution in [0.5, 0.6) is 5.75 Å². The van der Waals surface area contributed by atoms with Gasteiger partial charge < -0.3 is 10.1 Å². The third-order valence-electron chi connectivity index (χ3n) is 3.59. The number of nitrogens with zero attached hydrogens (tertiary/aromatic N) is 4. The van der Waals surface area contributed by atoms with E-state index in [0.717, 1.165) is 34.3 Å². The second-order valence-corrected chi connectivity index (χ2v) is 5.53. The summed E-state index contributed by atoms with van der Waals surface area (Å²) in [5, 5.41) is 7.77. The summed E-state index contributed by atoms with van der Waals surface area (Å²) in [6.07, 6.45) is 1.55. The molecule has 0 atom stereocenters. The highest BCUT2D eigenvalue weighted by Crippen LogP contribution is 2.15. The quantitative estimate of drug-likeness (QED) is 0.754. The van der Waals surface area contributed by atoms with E-state index in [1.807, 2.05) is 61.9 Å². The zero-order valence-corrected chi connectivity index (χ0v) is 14.2. The van der Waals surface area contributed by atoms with Gasteiger partial charge in [-0.3, -0.25) is 0 Å². The number of nitrogens with one attached hydrogen (secondary N) is 1. The fraction of sp³-hybridized carbons (Fsp3) is 0.278. The maximum atomic E-state index is 5.45. The first kappa shape index (κ1) is 16.0. The average Bonchev–Trinajstić information content (AvgIpc) is 2.93. The van der Waals surface area contributed by atoms with Crippen LogP contribution in [-0.2, 0) is 6.54 Å². The summed E-state index contributed by atoms with van der Waals surface area (Å²) < 4.78 is 7.27. The normalized spacial score (nSPS) is 10.6. The fourth-order valence-corrected chi connectivity index (χ4v) is 2.48. The van der Waals surface area contributed by atoms with Crippen LogP contribution in [0.2, 0.25) is 0 Å². The van der Waals surface area contributed by atoms with Crippen molar-refractivity contribution < 1.29 is 4.74 Å². The highest BCUT2D eigenvalue weighted by atomic mass is 16.5. The van der Waals surface area contributed by atoms with E-state index in [4.69, 9.17) is 4.74 Å². The molecule has 1 aromatic carbocycles. The van der Waals surface area contributed by atoms with Crippen LogP contribution >= 0.6 is 0 Å². The van der Waals surface area contributed by atoms with E-state index in [9.17, 15) is 0 Å². The van der Waals surface area contributed by atoms with Crippen molar-refractivity contribution in [2.24, 2.45) is 0 Å². The highest BCUT2D eigenvalue weighted by molar-refractivity contribution is 5.42. The van der Waals surface area contributed by atoms with E-state index >= 15 is 0 Å². The van der Waals surface area contributed by atoms with E-state index in [0.29, 0.717) is 13.2 Å². The Labute approximate surface area is 141 Å². The zero-order valence-electron chi connectivity index (χ0n) is 14.2. The summed E-state index contributed by atoms with van der Waals surface area (Å²) in [5.41, 5.74) is 3.17. The number of rotatable bonds is 6. The summed E-state index contributed by atoms with van der Waals surface area (Å²) >= 11 is 0. The van der Waals surface area contributed by atoms with Crippen LogP contribution in [0.25, 0.3) is 5.82 Å². The van der Waals surface area contributed by atoms with E-state index in [1.54, 1.807) is 6.33 Å². The lowest BCUT2D eigenvalue weighted by Crippen LogP contribution is -2.06. The summed E-state index contributed by atoms with van der Waals surface area (Å²) in [5.74, 6) is 2.40. The molecule has 0 bridgehead atoms. The SMILES string of the molecule is CCOc1ccc(CNc2cc(-n3nc(C)cc3C)ncn2)cc1. The molecule has 3 aromatic rings. The molecule has 6 heteroatoms. The Morgan fingerprint density at radius 1 is 1.08 bits per heavy atom. The summed E-state index contributed by atoms with van der Waals surface area (Å²) in [4.78, 5) is 8.58. The fourth-order valence-electron chi connectivity index (χ4n) is 2.48. The molecule has 0 aliphatic carbocycles. The molecule has 0 saturated carbocycles. The monoisotopic (exact) mass is 323 g/mol. The Kier molecular flexibility index (Phi) is 4.74. The van der Waals surface area contributed by atoms with Crippen LogP contribution in [-0.4, -0.2) is 26.4 Å². The zero-order chi connectivity index (χ0) is 16.9. The first-order valence-electron chi connectivity index (χ1n) is 7.97. The van der Waals surface area contributed by atoms with E-state index in [1.165, 1.54) is 0 Å². The molecule has 0 aliphatic heterocycles. The van der Waals surface area contributed by atoms with Gasteiger partial charge in [0.2, 0.25) is 0 Å². The number of aryl methyl sites for hydroxylation is 2. The average molecular weight is 323 g/mol. The molecule has 0 aliphatic rings. The second kappa shape index (κ2) is 7.12. The predicted octanol–water partition coefficient (Wildman–Crippen LogP) is 3.29. The van der Waals surface area contributed by atoms with Crippen molar-refractivity contribution in [3.63, 3.8) is 0 Å². The number of aromatic nitrogens is 4. The molecule has 124 valence electrons. The second-order valence-electron chi connectivity index (χ2n) is 5.53. The number of hydrogen-bond donors (Lipinski definition) is 1. The van der Waals surface area contributed by atoms with Gasteiger partial charge in [0, 0.05) is 18.3 Å². The Morgan fingerprint density at radius 2 is 1.88 bits per heavy atom.